The van der Waals surface area contributed by atoms with Crippen molar-refractivity contribution < 1.29 is 8.81 Å². The highest BCUT2D eigenvalue weighted by atomic mass is 19.1. The average molecular weight is 206 g/mol. The van der Waals surface area contributed by atoms with Gasteiger partial charge in [-0.25, -0.2) is 4.39 Å². The standard InChI is InChI=1S/C11H11FN2O/c1-13-11(10-3-2-6-15-10)8-4-5-14-7-9(8)12/h2-7,11,13H,1H3. The number of hydrogen-bond donors (Lipinski definition) is 1. The summed E-state index contributed by atoms with van der Waals surface area (Å²) in [5, 5.41) is 3.00. The van der Waals surface area contributed by atoms with Crippen molar-refractivity contribution in [3.8, 4) is 0 Å². The summed E-state index contributed by atoms with van der Waals surface area (Å²) >= 11 is 0. The van der Waals surface area contributed by atoms with Gasteiger partial charge in [-0.05, 0) is 25.2 Å². The molecular formula is C11H11FN2O. The van der Waals surface area contributed by atoms with E-state index in [1.54, 1.807) is 37.7 Å². The van der Waals surface area contributed by atoms with E-state index in [1.807, 2.05) is 0 Å². The lowest BCUT2D eigenvalue weighted by atomic mass is 10.1. The molecule has 0 aliphatic carbocycles. The number of nitrogens with one attached hydrogen (secondary N) is 1. The Morgan fingerprint density at radius 1 is 1.47 bits per heavy atom. The van der Waals surface area contributed by atoms with Gasteiger partial charge in [-0.2, -0.15) is 0 Å². The second kappa shape index (κ2) is 4.23. The molecular weight excluding hydrogens is 195 g/mol. The molecule has 0 spiro atoms. The van der Waals surface area contributed by atoms with Crippen LogP contribution in [0.2, 0.25) is 0 Å². The van der Waals surface area contributed by atoms with Crippen molar-refractivity contribution in [3.05, 3.63) is 54.0 Å². The van der Waals surface area contributed by atoms with Gasteiger partial charge >= 0.3 is 0 Å². The van der Waals surface area contributed by atoms with Gasteiger partial charge in [-0.1, -0.05) is 0 Å². The average Bonchev–Trinajstić information content (AvgIpc) is 2.75. The summed E-state index contributed by atoms with van der Waals surface area (Å²) < 4.78 is 18.7. The lowest BCUT2D eigenvalue weighted by Gasteiger charge is -2.14. The van der Waals surface area contributed by atoms with Crippen LogP contribution >= 0.6 is 0 Å². The first-order chi connectivity index (χ1) is 7.33. The first-order valence-corrected chi connectivity index (χ1v) is 4.63. The van der Waals surface area contributed by atoms with Gasteiger partial charge in [0.05, 0.1) is 18.5 Å². The van der Waals surface area contributed by atoms with Crippen LogP contribution < -0.4 is 5.32 Å². The molecule has 2 aromatic heterocycles. The van der Waals surface area contributed by atoms with Crippen molar-refractivity contribution in [1.82, 2.24) is 10.3 Å². The summed E-state index contributed by atoms with van der Waals surface area (Å²) in [5.74, 6) is 0.343. The van der Waals surface area contributed by atoms with E-state index < -0.39 is 0 Å². The second-order valence-electron chi connectivity index (χ2n) is 3.13. The Hall–Kier alpha value is -1.68. The normalized spacial score (nSPS) is 12.7. The minimum Gasteiger partial charge on any atom is -0.467 e. The number of hydrogen-bond acceptors (Lipinski definition) is 3. The number of aromatic nitrogens is 1. The zero-order valence-electron chi connectivity index (χ0n) is 8.27. The minimum absolute atomic E-state index is 0.275. The zero-order valence-corrected chi connectivity index (χ0v) is 8.27. The van der Waals surface area contributed by atoms with Crippen molar-refractivity contribution >= 4 is 0 Å². The first kappa shape index (κ1) is 9.86. The fraction of sp³-hybridized carbons (Fsp3) is 0.182. The summed E-state index contributed by atoms with van der Waals surface area (Å²) in [5.41, 5.74) is 0.530. The Balaban J connectivity index is 2.40. The quantitative estimate of drug-likeness (QED) is 0.835. The molecule has 1 atom stereocenters. The molecule has 0 aliphatic heterocycles. The fourth-order valence-electron chi connectivity index (χ4n) is 1.53. The molecule has 2 rings (SSSR count). The Bertz CT molecular complexity index is 428. The first-order valence-electron chi connectivity index (χ1n) is 4.63. The predicted octanol–water partition coefficient (Wildman–Crippen LogP) is 2.12. The van der Waals surface area contributed by atoms with Crippen LogP contribution in [0.1, 0.15) is 17.4 Å². The SMILES string of the molecule is CNC(c1ccco1)c1ccncc1F. The van der Waals surface area contributed by atoms with Crippen LogP contribution in [0.3, 0.4) is 0 Å². The van der Waals surface area contributed by atoms with Gasteiger partial charge < -0.3 is 9.73 Å². The van der Waals surface area contributed by atoms with Crippen LogP contribution in [-0.2, 0) is 0 Å². The molecule has 78 valence electrons. The van der Waals surface area contributed by atoms with Crippen LogP contribution in [0.4, 0.5) is 4.39 Å². The largest absolute Gasteiger partial charge is 0.467 e. The summed E-state index contributed by atoms with van der Waals surface area (Å²) in [6.07, 6.45) is 4.33. The van der Waals surface area contributed by atoms with E-state index in [2.05, 4.69) is 10.3 Å². The topological polar surface area (TPSA) is 38.1 Å². The van der Waals surface area contributed by atoms with E-state index in [0.29, 0.717) is 11.3 Å². The lowest BCUT2D eigenvalue weighted by molar-refractivity contribution is 0.452. The molecule has 3 nitrogen and oxygen atoms in total. The van der Waals surface area contributed by atoms with E-state index in [1.165, 1.54) is 6.20 Å². The third-order valence-electron chi connectivity index (χ3n) is 2.23. The zero-order chi connectivity index (χ0) is 10.7. The number of nitrogens with zero attached hydrogens (tertiary/aromatic N) is 1. The number of rotatable bonds is 3. The van der Waals surface area contributed by atoms with Crippen molar-refractivity contribution in [2.24, 2.45) is 0 Å². The van der Waals surface area contributed by atoms with Crippen LogP contribution in [0.25, 0.3) is 0 Å². The van der Waals surface area contributed by atoms with E-state index in [9.17, 15) is 4.39 Å². The Morgan fingerprint density at radius 2 is 2.33 bits per heavy atom. The molecule has 2 heterocycles. The van der Waals surface area contributed by atoms with Gasteiger partial charge in [0.1, 0.15) is 11.6 Å². The van der Waals surface area contributed by atoms with Gasteiger partial charge in [0.15, 0.2) is 0 Å². The molecule has 1 N–H and O–H groups in total. The monoisotopic (exact) mass is 206 g/mol. The summed E-state index contributed by atoms with van der Waals surface area (Å²) in [6, 6.07) is 4.95. The van der Waals surface area contributed by atoms with E-state index in [-0.39, 0.29) is 11.9 Å². The van der Waals surface area contributed by atoms with Gasteiger partial charge in [0, 0.05) is 11.8 Å². The summed E-state index contributed by atoms with van der Waals surface area (Å²) in [4.78, 5) is 3.71. The molecule has 0 radical (unpaired) electrons. The van der Waals surface area contributed by atoms with E-state index in [0.717, 1.165) is 0 Å². The number of halogens is 1. The maximum Gasteiger partial charge on any atom is 0.146 e. The van der Waals surface area contributed by atoms with Gasteiger partial charge in [0.25, 0.3) is 0 Å². The maximum atomic E-state index is 13.5. The second-order valence-corrected chi connectivity index (χ2v) is 3.13. The van der Waals surface area contributed by atoms with Crippen molar-refractivity contribution in [1.29, 1.82) is 0 Å². The highest BCUT2D eigenvalue weighted by Gasteiger charge is 2.17. The third kappa shape index (κ3) is 1.89. The Kier molecular flexibility index (Phi) is 2.78. The third-order valence-corrected chi connectivity index (χ3v) is 2.23. The number of furan rings is 1. The van der Waals surface area contributed by atoms with Crippen LogP contribution in [0.15, 0.2) is 41.3 Å². The fourth-order valence-corrected chi connectivity index (χ4v) is 1.53. The molecule has 0 aliphatic rings. The smallest absolute Gasteiger partial charge is 0.146 e. The van der Waals surface area contributed by atoms with Crippen LogP contribution in [-0.4, -0.2) is 12.0 Å². The molecule has 1 unspecified atom stereocenters. The predicted molar refractivity (Wildman–Crippen MR) is 53.8 cm³/mol. The lowest BCUT2D eigenvalue weighted by Crippen LogP contribution is -2.18. The van der Waals surface area contributed by atoms with E-state index >= 15 is 0 Å². The van der Waals surface area contributed by atoms with Gasteiger partial charge in [-0.3, -0.25) is 4.98 Å². The highest BCUT2D eigenvalue weighted by molar-refractivity contribution is 5.25. The molecule has 0 amide bonds. The van der Waals surface area contributed by atoms with Crippen molar-refractivity contribution in [3.63, 3.8) is 0 Å². The molecule has 0 aromatic carbocycles. The molecule has 0 saturated heterocycles. The summed E-state index contributed by atoms with van der Waals surface area (Å²) in [7, 11) is 1.76. The van der Waals surface area contributed by atoms with Gasteiger partial charge in [-0.15, -0.1) is 0 Å². The molecule has 0 fully saturated rings. The van der Waals surface area contributed by atoms with Crippen molar-refractivity contribution in [2.75, 3.05) is 7.05 Å². The minimum atomic E-state index is -0.340. The molecule has 4 heteroatoms. The molecule has 2 aromatic rings. The summed E-state index contributed by atoms with van der Waals surface area (Å²) in [6.45, 7) is 0. The van der Waals surface area contributed by atoms with Crippen molar-refractivity contribution in [2.45, 2.75) is 6.04 Å². The number of pyridine rings is 1. The Labute approximate surface area is 86.9 Å². The molecule has 0 saturated carbocycles. The van der Waals surface area contributed by atoms with Crippen LogP contribution in [0, 0.1) is 5.82 Å². The maximum absolute atomic E-state index is 13.5. The molecule has 0 bridgehead atoms. The van der Waals surface area contributed by atoms with Crippen LogP contribution in [0.5, 0.6) is 0 Å². The highest BCUT2D eigenvalue weighted by Crippen LogP contribution is 2.23. The van der Waals surface area contributed by atoms with Gasteiger partial charge in [0.2, 0.25) is 0 Å². The Morgan fingerprint density at radius 3 is 2.93 bits per heavy atom. The van der Waals surface area contributed by atoms with E-state index in [4.69, 9.17) is 4.42 Å². The molecule has 15 heavy (non-hydrogen) atoms.